The highest BCUT2D eigenvalue weighted by Gasteiger charge is 2.45. The van der Waals surface area contributed by atoms with Crippen molar-refractivity contribution >= 4 is 95.1 Å². The van der Waals surface area contributed by atoms with Crippen LogP contribution in [0.5, 0.6) is 0 Å². The summed E-state index contributed by atoms with van der Waals surface area (Å²) < 4.78 is 46.3. The smallest absolute Gasteiger partial charge is 0.230 e. The molecule has 0 unspecified atom stereocenters. The molecule has 0 saturated carbocycles. The van der Waals surface area contributed by atoms with Crippen LogP contribution >= 0.6 is 0 Å². The molecule has 52 heavy (non-hydrogen) atoms. The summed E-state index contributed by atoms with van der Waals surface area (Å²) in [6.07, 6.45) is 0. The second-order valence-corrected chi connectivity index (χ2v) is 13.8. The van der Waals surface area contributed by atoms with Crippen molar-refractivity contribution in [3.05, 3.63) is 150 Å². The summed E-state index contributed by atoms with van der Waals surface area (Å²) in [7, 11) is 0. The Morgan fingerprint density at radius 3 is 1.81 bits per heavy atom. The van der Waals surface area contributed by atoms with E-state index in [1.54, 1.807) is 12.1 Å². The predicted molar refractivity (Wildman–Crippen MR) is 206 cm³/mol. The highest BCUT2D eigenvalue weighted by Crippen LogP contribution is 2.67. The molecular weight excluding hydrogens is 653 g/mol. The Balaban J connectivity index is 1.33. The summed E-state index contributed by atoms with van der Waals surface area (Å²) in [4.78, 5) is 6.10. The average Bonchev–Trinajstić information content (AvgIpc) is 3.70. The summed E-state index contributed by atoms with van der Waals surface area (Å²) in [6, 6.07) is 38.9. The summed E-state index contributed by atoms with van der Waals surface area (Å²) in [5, 5.41) is 4.95. The number of fused-ring (bicyclic) bond motifs is 11. The molecule has 0 aliphatic carbocycles. The first-order chi connectivity index (χ1) is 25.4. The zero-order valence-corrected chi connectivity index (χ0v) is 28.5. The van der Waals surface area contributed by atoms with Crippen LogP contribution in [-0.2, 0) is 0 Å². The largest absolute Gasteiger partial charge is 0.454 e. The van der Waals surface area contributed by atoms with E-state index in [1.165, 1.54) is 12.1 Å². The van der Waals surface area contributed by atoms with Crippen LogP contribution in [0.3, 0.4) is 0 Å². The van der Waals surface area contributed by atoms with E-state index < -0.39 is 0 Å². The standard InChI is InChI=1S/C45H29F2N3O2/c1-24-20-35-42-36(21-24)50(40-26(3)11-9-16-33(40)47)45-41(30-14-6-7-17-37(30)52-45)48(42)34-19-18-29-31-22-27-12-4-5-13-28(27)23-38(31)51-44(29)43(34)49(35)39-25(2)10-8-15-32(39)46/h4-23H,1-3H3. The normalized spacial score (nSPS) is 13.4. The fraction of sp³-hybridized carbons (Fsp3) is 0.0667. The maximum Gasteiger partial charge on any atom is 0.230 e. The number of furan rings is 2. The summed E-state index contributed by atoms with van der Waals surface area (Å²) in [6.45, 7) is 5.84. The number of hydrogen-bond acceptors (Lipinski definition) is 5. The van der Waals surface area contributed by atoms with Crippen molar-refractivity contribution in [1.82, 2.24) is 0 Å². The van der Waals surface area contributed by atoms with Gasteiger partial charge in [0.05, 0.1) is 34.1 Å². The molecular formula is C45H29F2N3O2. The summed E-state index contributed by atoms with van der Waals surface area (Å²) in [5.74, 6) is -0.235. The molecule has 2 aliphatic rings. The average molecular weight is 682 g/mol. The van der Waals surface area contributed by atoms with Gasteiger partial charge in [-0.25, -0.2) is 8.78 Å². The minimum absolute atomic E-state index is 0.361. The lowest BCUT2D eigenvalue weighted by molar-refractivity contribution is 0.602. The van der Waals surface area contributed by atoms with Gasteiger partial charge < -0.3 is 8.83 Å². The highest BCUT2D eigenvalue weighted by atomic mass is 19.1. The van der Waals surface area contributed by atoms with Gasteiger partial charge in [0.1, 0.15) is 34.2 Å². The molecule has 7 aromatic carbocycles. The third-order valence-electron chi connectivity index (χ3n) is 10.6. The molecule has 2 aromatic heterocycles. The van der Waals surface area contributed by atoms with E-state index in [0.29, 0.717) is 34.1 Å². The van der Waals surface area contributed by atoms with Crippen LogP contribution in [0.4, 0.5) is 60.2 Å². The van der Waals surface area contributed by atoms with Gasteiger partial charge in [-0.15, -0.1) is 0 Å². The molecule has 0 fully saturated rings. The Morgan fingerprint density at radius 2 is 1.08 bits per heavy atom. The fourth-order valence-corrected chi connectivity index (χ4v) is 8.44. The topological polar surface area (TPSA) is 36.0 Å². The van der Waals surface area contributed by atoms with Crippen molar-refractivity contribution in [1.29, 1.82) is 0 Å². The Hall–Kier alpha value is -6.60. The molecule has 0 radical (unpaired) electrons. The molecule has 0 N–H and O–H groups in total. The zero-order chi connectivity index (χ0) is 35.0. The van der Waals surface area contributed by atoms with Crippen molar-refractivity contribution in [3.63, 3.8) is 0 Å². The van der Waals surface area contributed by atoms with Crippen LogP contribution in [0, 0.1) is 32.4 Å². The number of benzene rings is 7. The molecule has 0 spiro atoms. The lowest BCUT2D eigenvalue weighted by Gasteiger charge is -2.45. The van der Waals surface area contributed by atoms with Crippen LogP contribution in [0.15, 0.2) is 130 Å². The molecule has 250 valence electrons. The minimum Gasteiger partial charge on any atom is -0.454 e. The maximum atomic E-state index is 16.5. The van der Waals surface area contributed by atoms with E-state index >= 15 is 8.78 Å². The number of rotatable bonds is 2. The molecule has 0 amide bonds. The van der Waals surface area contributed by atoms with Gasteiger partial charge in [0.15, 0.2) is 5.58 Å². The fourth-order valence-electron chi connectivity index (χ4n) is 8.44. The first-order valence-electron chi connectivity index (χ1n) is 17.3. The predicted octanol–water partition coefficient (Wildman–Crippen LogP) is 13.7. The quantitative estimate of drug-likeness (QED) is 0.181. The molecule has 5 nitrogen and oxygen atoms in total. The third kappa shape index (κ3) is 3.74. The first-order valence-corrected chi connectivity index (χ1v) is 17.3. The molecule has 4 heterocycles. The Labute approximate surface area is 297 Å². The summed E-state index contributed by atoms with van der Waals surface area (Å²) >= 11 is 0. The molecule has 9 aromatic rings. The third-order valence-corrected chi connectivity index (χ3v) is 10.6. The van der Waals surface area contributed by atoms with E-state index in [9.17, 15) is 0 Å². The van der Waals surface area contributed by atoms with Crippen LogP contribution in [0.25, 0.3) is 43.7 Å². The van der Waals surface area contributed by atoms with E-state index in [-0.39, 0.29) is 11.6 Å². The van der Waals surface area contributed by atoms with Gasteiger partial charge >= 0.3 is 0 Å². The van der Waals surface area contributed by atoms with Crippen molar-refractivity contribution in [2.75, 3.05) is 14.7 Å². The number of aryl methyl sites for hydroxylation is 3. The SMILES string of the molecule is Cc1cc2c3c(c1)N(c1c(C)cccc1F)c1c(ccc4c1oc1cc5ccccc5cc14)N3c1c(oc3ccccc13)N2c1c(C)cccc1F. The maximum absolute atomic E-state index is 16.5. The van der Waals surface area contributed by atoms with Gasteiger partial charge in [0.2, 0.25) is 5.88 Å². The molecule has 2 aliphatic heterocycles. The number of para-hydroxylation sites is 3. The van der Waals surface area contributed by atoms with Gasteiger partial charge in [-0.2, -0.15) is 0 Å². The second kappa shape index (κ2) is 10.2. The Kier molecular flexibility index (Phi) is 5.74. The monoisotopic (exact) mass is 681 g/mol. The lowest BCUT2D eigenvalue weighted by atomic mass is 9.96. The number of hydrogen-bond donors (Lipinski definition) is 0. The molecule has 11 rings (SSSR count). The number of nitrogens with zero attached hydrogens (tertiary/aromatic N) is 3. The molecule has 0 saturated heterocycles. The van der Waals surface area contributed by atoms with E-state index in [4.69, 9.17) is 8.83 Å². The van der Waals surface area contributed by atoms with Gasteiger partial charge in [-0.1, -0.05) is 60.7 Å². The Morgan fingerprint density at radius 1 is 0.442 bits per heavy atom. The number of anilines is 9. The van der Waals surface area contributed by atoms with Crippen LogP contribution in [0.1, 0.15) is 16.7 Å². The van der Waals surface area contributed by atoms with Crippen molar-refractivity contribution in [3.8, 4) is 0 Å². The van der Waals surface area contributed by atoms with E-state index in [2.05, 4.69) is 53.4 Å². The minimum atomic E-state index is -0.371. The van der Waals surface area contributed by atoms with Crippen LogP contribution in [-0.4, -0.2) is 0 Å². The van der Waals surface area contributed by atoms with Gasteiger partial charge in [0, 0.05) is 16.2 Å². The summed E-state index contributed by atoms with van der Waals surface area (Å²) in [5.41, 5.74) is 9.81. The first kappa shape index (κ1) is 29.2. The van der Waals surface area contributed by atoms with Crippen molar-refractivity contribution in [2.45, 2.75) is 20.8 Å². The van der Waals surface area contributed by atoms with Gasteiger partial charge in [-0.3, -0.25) is 14.7 Å². The lowest BCUT2D eigenvalue weighted by Crippen LogP contribution is -2.31. The van der Waals surface area contributed by atoms with Crippen molar-refractivity contribution < 1.29 is 17.6 Å². The molecule has 0 bridgehead atoms. The van der Waals surface area contributed by atoms with Crippen molar-refractivity contribution in [2.24, 2.45) is 0 Å². The zero-order valence-electron chi connectivity index (χ0n) is 28.5. The Bertz CT molecular complexity index is 2970. The number of halogens is 2. The van der Waals surface area contributed by atoms with Crippen LogP contribution in [0.2, 0.25) is 0 Å². The molecule has 0 atom stereocenters. The van der Waals surface area contributed by atoms with Gasteiger partial charge in [0.25, 0.3) is 0 Å². The highest BCUT2D eigenvalue weighted by molar-refractivity contribution is 6.23. The van der Waals surface area contributed by atoms with Crippen LogP contribution < -0.4 is 14.7 Å². The second-order valence-electron chi connectivity index (χ2n) is 13.8. The molecule has 7 heteroatoms. The van der Waals surface area contributed by atoms with Gasteiger partial charge in [-0.05, 0) is 109 Å². The van der Waals surface area contributed by atoms with E-state index in [0.717, 1.165) is 77.6 Å². The van der Waals surface area contributed by atoms with E-state index in [1.807, 2.05) is 79.1 Å².